The van der Waals surface area contributed by atoms with Crippen LogP contribution >= 0.6 is 0 Å². The second kappa shape index (κ2) is 10.8. The van der Waals surface area contributed by atoms with E-state index >= 15 is 0 Å². The number of amides is 2. The molecular formula is C27H32FN3O5. The van der Waals surface area contributed by atoms with Gasteiger partial charge in [0.25, 0.3) is 11.5 Å². The third-order valence-electron chi connectivity index (χ3n) is 5.19. The first kappa shape index (κ1) is 26.7. The van der Waals surface area contributed by atoms with Gasteiger partial charge in [-0.05, 0) is 62.6 Å². The molecule has 0 aliphatic heterocycles. The van der Waals surface area contributed by atoms with Gasteiger partial charge in [-0.25, -0.2) is 9.18 Å². The van der Waals surface area contributed by atoms with Crippen LogP contribution in [0.3, 0.4) is 0 Å². The van der Waals surface area contributed by atoms with Gasteiger partial charge in [0.05, 0.1) is 6.54 Å². The highest BCUT2D eigenvalue weighted by molar-refractivity contribution is 5.98. The minimum atomic E-state index is -0.705. The Kier molecular flexibility index (Phi) is 8.02. The summed E-state index contributed by atoms with van der Waals surface area (Å²) in [6, 6.07) is 10.8. The molecular weight excluding hydrogens is 465 g/mol. The fourth-order valence-corrected chi connectivity index (χ4v) is 3.90. The fourth-order valence-electron chi connectivity index (χ4n) is 3.90. The van der Waals surface area contributed by atoms with Gasteiger partial charge in [0.2, 0.25) is 0 Å². The monoisotopic (exact) mass is 497 g/mol. The maximum Gasteiger partial charge on any atom is 0.407 e. The van der Waals surface area contributed by atoms with Crippen molar-refractivity contribution < 1.29 is 23.5 Å². The predicted molar refractivity (Wildman–Crippen MR) is 136 cm³/mol. The zero-order valence-corrected chi connectivity index (χ0v) is 21.2. The predicted octanol–water partition coefficient (Wildman–Crippen LogP) is 4.35. The summed E-state index contributed by atoms with van der Waals surface area (Å²) in [6.07, 6.45) is -0.644. The topological polar surface area (TPSA) is 113 Å². The van der Waals surface area contributed by atoms with Crippen molar-refractivity contribution in [1.82, 2.24) is 9.88 Å². The van der Waals surface area contributed by atoms with E-state index in [1.807, 2.05) is 13.8 Å². The summed E-state index contributed by atoms with van der Waals surface area (Å²) in [7, 11) is 0. The van der Waals surface area contributed by atoms with Crippen LogP contribution in [0.1, 0.15) is 40.3 Å². The first-order chi connectivity index (χ1) is 16.9. The quantitative estimate of drug-likeness (QED) is 0.480. The Morgan fingerprint density at radius 3 is 2.44 bits per heavy atom. The lowest BCUT2D eigenvalue weighted by Gasteiger charge is -2.23. The van der Waals surface area contributed by atoms with E-state index in [9.17, 15) is 18.8 Å². The Morgan fingerprint density at radius 2 is 1.83 bits per heavy atom. The molecule has 8 nitrogen and oxygen atoms in total. The number of nitrogens with two attached hydrogens (primary N) is 1. The second-order valence-electron chi connectivity index (χ2n) is 9.96. The number of primary amides is 1. The Morgan fingerprint density at radius 1 is 1.11 bits per heavy atom. The maximum absolute atomic E-state index is 14.3. The van der Waals surface area contributed by atoms with Crippen LogP contribution in [0.25, 0.3) is 21.9 Å². The van der Waals surface area contributed by atoms with Crippen LogP contribution in [0, 0.1) is 11.7 Å². The van der Waals surface area contributed by atoms with Crippen LogP contribution in [-0.2, 0) is 22.6 Å². The van der Waals surface area contributed by atoms with Crippen molar-refractivity contribution in [3.63, 3.8) is 0 Å². The molecule has 9 heteroatoms. The highest BCUT2D eigenvalue weighted by Gasteiger charge is 2.22. The molecule has 0 fully saturated rings. The molecule has 3 aromatic rings. The van der Waals surface area contributed by atoms with Crippen molar-refractivity contribution in [2.75, 3.05) is 6.61 Å². The number of hydrogen-bond acceptors (Lipinski definition) is 5. The second-order valence-corrected chi connectivity index (χ2v) is 9.96. The molecule has 0 bridgehead atoms. The minimum Gasteiger partial charge on any atom is -0.484 e. The number of nitrogens with zero attached hydrogens (tertiary/aromatic N) is 1. The normalized spacial score (nSPS) is 11.5. The van der Waals surface area contributed by atoms with Gasteiger partial charge in [0.1, 0.15) is 17.2 Å². The van der Waals surface area contributed by atoms with Crippen molar-refractivity contribution >= 4 is 22.8 Å². The van der Waals surface area contributed by atoms with E-state index in [-0.39, 0.29) is 24.6 Å². The summed E-state index contributed by atoms with van der Waals surface area (Å²) < 4.78 is 26.8. The van der Waals surface area contributed by atoms with Gasteiger partial charge in [-0.2, -0.15) is 0 Å². The standard InChI is InChI=1S/C27H32FN3O5/c1-16(2)14-31-22(13-30-26(34)36-27(3,4)5)24(17-7-6-8-18(28)11-17)21-12-19(35-15-23(29)32)9-10-20(21)25(31)33/h6-12,16H,13-15H2,1-5H3,(H2,29,32)(H,30,34). The zero-order valence-electron chi connectivity index (χ0n) is 21.2. The highest BCUT2D eigenvalue weighted by Crippen LogP contribution is 2.34. The number of ether oxygens (including phenoxy) is 2. The third kappa shape index (κ3) is 6.62. The summed E-state index contributed by atoms with van der Waals surface area (Å²) in [4.78, 5) is 37.3. The molecule has 0 saturated carbocycles. The average Bonchev–Trinajstić information content (AvgIpc) is 2.76. The number of carbonyl (C=O) groups is 2. The Balaban J connectivity index is 2.29. The molecule has 192 valence electrons. The molecule has 2 amide bonds. The molecule has 0 aliphatic rings. The lowest BCUT2D eigenvalue weighted by atomic mass is 9.95. The summed E-state index contributed by atoms with van der Waals surface area (Å²) >= 11 is 0. The van der Waals surface area contributed by atoms with Gasteiger partial charge in [-0.1, -0.05) is 26.0 Å². The number of fused-ring (bicyclic) bond motifs is 1. The molecule has 0 aliphatic carbocycles. The summed E-state index contributed by atoms with van der Waals surface area (Å²) in [5, 5.41) is 3.62. The summed E-state index contributed by atoms with van der Waals surface area (Å²) in [5.74, 6) is -0.658. The van der Waals surface area contributed by atoms with Gasteiger partial charge >= 0.3 is 6.09 Å². The molecule has 0 spiro atoms. The lowest BCUT2D eigenvalue weighted by Crippen LogP contribution is -2.35. The van der Waals surface area contributed by atoms with Crippen LogP contribution in [0.4, 0.5) is 9.18 Å². The fraction of sp³-hybridized carbons (Fsp3) is 0.370. The SMILES string of the molecule is CC(C)Cn1c(CNC(=O)OC(C)(C)C)c(-c2cccc(F)c2)c2cc(OCC(N)=O)ccc2c1=O. The van der Waals surface area contributed by atoms with Crippen LogP contribution in [0.5, 0.6) is 5.75 Å². The summed E-state index contributed by atoms with van der Waals surface area (Å²) in [6.45, 7) is 9.22. The van der Waals surface area contributed by atoms with E-state index in [2.05, 4.69) is 5.32 Å². The van der Waals surface area contributed by atoms with Crippen molar-refractivity contribution in [1.29, 1.82) is 0 Å². The minimum absolute atomic E-state index is 0.0367. The highest BCUT2D eigenvalue weighted by atomic mass is 19.1. The van der Waals surface area contributed by atoms with Gasteiger partial charge < -0.3 is 25.1 Å². The Labute approximate surface area is 209 Å². The Bertz CT molecular complexity index is 1340. The van der Waals surface area contributed by atoms with Crippen LogP contribution in [-0.4, -0.2) is 28.8 Å². The number of nitrogens with one attached hydrogen (secondary N) is 1. The number of halogens is 1. The van der Waals surface area contributed by atoms with Gasteiger partial charge in [0, 0.05) is 28.6 Å². The van der Waals surface area contributed by atoms with E-state index in [1.165, 1.54) is 12.1 Å². The number of carbonyl (C=O) groups excluding carboxylic acids is 2. The molecule has 36 heavy (non-hydrogen) atoms. The number of benzene rings is 2. The van der Waals surface area contributed by atoms with Gasteiger partial charge in [-0.3, -0.25) is 9.59 Å². The van der Waals surface area contributed by atoms with Crippen LogP contribution < -0.4 is 21.3 Å². The molecule has 2 aromatic carbocycles. The molecule has 3 N–H and O–H groups in total. The molecule has 1 aromatic heterocycles. The van der Waals surface area contributed by atoms with E-state index in [0.717, 1.165) is 0 Å². The smallest absolute Gasteiger partial charge is 0.407 e. The first-order valence-electron chi connectivity index (χ1n) is 11.7. The summed E-state index contributed by atoms with van der Waals surface area (Å²) in [5.41, 5.74) is 5.81. The average molecular weight is 498 g/mol. The third-order valence-corrected chi connectivity index (χ3v) is 5.19. The number of aromatic nitrogens is 1. The van der Waals surface area contributed by atoms with Crippen LogP contribution in [0.2, 0.25) is 0 Å². The van der Waals surface area contributed by atoms with Gasteiger partial charge in [0.15, 0.2) is 6.61 Å². The molecule has 0 saturated heterocycles. The maximum atomic E-state index is 14.3. The largest absolute Gasteiger partial charge is 0.484 e. The van der Waals surface area contributed by atoms with Crippen LogP contribution in [0.15, 0.2) is 47.3 Å². The van der Waals surface area contributed by atoms with E-state index < -0.39 is 23.4 Å². The molecule has 3 rings (SSSR count). The molecule has 0 radical (unpaired) electrons. The van der Waals surface area contributed by atoms with Gasteiger partial charge in [-0.15, -0.1) is 0 Å². The number of rotatable bonds is 8. The zero-order chi connectivity index (χ0) is 26.6. The van der Waals surface area contributed by atoms with E-state index in [4.69, 9.17) is 15.2 Å². The van der Waals surface area contributed by atoms with E-state index in [0.29, 0.717) is 39.9 Å². The molecule has 0 unspecified atom stereocenters. The Hall–Kier alpha value is -3.88. The molecule has 1 heterocycles. The molecule has 0 atom stereocenters. The van der Waals surface area contributed by atoms with E-state index in [1.54, 1.807) is 55.7 Å². The van der Waals surface area contributed by atoms with Crippen molar-refractivity contribution in [2.24, 2.45) is 11.7 Å². The lowest BCUT2D eigenvalue weighted by molar-refractivity contribution is -0.119. The number of alkyl carbamates (subject to hydrolysis) is 1. The first-order valence-corrected chi connectivity index (χ1v) is 11.7. The number of pyridine rings is 1. The van der Waals surface area contributed by atoms with Crippen molar-refractivity contribution in [2.45, 2.75) is 53.3 Å². The number of hydrogen-bond donors (Lipinski definition) is 2. The van der Waals surface area contributed by atoms with Crippen molar-refractivity contribution in [3.8, 4) is 16.9 Å². The van der Waals surface area contributed by atoms with Crippen molar-refractivity contribution in [3.05, 3.63) is 64.3 Å².